The smallest absolute Gasteiger partial charge is 0.156 e. The zero-order valence-electron chi connectivity index (χ0n) is 11.0. The van der Waals surface area contributed by atoms with Crippen LogP contribution in [0.4, 0.5) is 0 Å². The third kappa shape index (κ3) is 1.99. The van der Waals surface area contributed by atoms with E-state index < -0.39 is 6.10 Å². The Bertz CT molecular complexity index is 394. The van der Waals surface area contributed by atoms with Crippen molar-refractivity contribution in [3.8, 4) is 0 Å². The summed E-state index contributed by atoms with van der Waals surface area (Å²) in [4.78, 5) is 11.7. The first kappa shape index (κ1) is 12.6. The van der Waals surface area contributed by atoms with Gasteiger partial charge in [0.15, 0.2) is 5.78 Å². The van der Waals surface area contributed by atoms with Crippen LogP contribution in [0.1, 0.15) is 40.0 Å². The van der Waals surface area contributed by atoms with Crippen molar-refractivity contribution in [2.24, 2.45) is 17.3 Å². The van der Waals surface area contributed by atoms with Gasteiger partial charge < -0.3 is 5.11 Å². The molecule has 2 aliphatic rings. The molecule has 1 saturated carbocycles. The van der Waals surface area contributed by atoms with E-state index in [1.54, 1.807) is 6.08 Å². The van der Waals surface area contributed by atoms with Crippen LogP contribution in [-0.4, -0.2) is 17.0 Å². The highest BCUT2D eigenvalue weighted by atomic mass is 16.3. The summed E-state index contributed by atoms with van der Waals surface area (Å²) < 4.78 is 0. The minimum Gasteiger partial charge on any atom is -0.393 e. The maximum atomic E-state index is 11.7. The van der Waals surface area contributed by atoms with Crippen molar-refractivity contribution in [3.63, 3.8) is 0 Å². The molecule has 0 bridgehead atoms. The van der Waals surface area contributed by atoms with Gasteiger partial charge in [-0.1, -0.05) is 24.6 Å². The zero-order chi connectivity index (χ0) is 12.8. The molecule has 0 heterocycles. The van der Waals surface area contributed by atoms with Gasteiger partial charge in [0.25, 0.3) is 0 Å². The summed E-state index contributed by atoms with van der Waals surface area (Å²) >= 11 is 0. The molecule has 17 heavy (non-hydrogen) atoms. The van der Waals surface area contributed by atoms with Crippen LogP contribution in [0.25, 0.3) is 0 Å². The van der Waals surface area contributed by atoms with E-state index in [-0.39, 0.29) is 11.2 Å². The standard InChI is InChI=1S/C15H22O2/c1-9(2)11-6-13-10(3)5-12(16)8-15(13,4)14(17)7-11/h5,11,13-14,17H,1,6-8H2,2-4H3/t11-,13+,14+,15-/m1/s1. The Hall–Kier alpha value is -0.890. The fourth-order valence-corrected chi connectivity index (χ4v) is 3.55. The van der Waals surface area contributed by atoms with Crippen LogP contribution in [0.2, 0.25) is 0 Å². The van der Waals surface area contributed by atoms with Crippen molar-refractivity contribution < 1.29 is 9.90 Å². The van der Waals surface area contributed by atoms with Gasteiger partial charge in [0.2, 0.25) is 0 Å². The molecule has 0 aromatic rings. The molecule has 0 spiro atoms. The molecular weight excluding hydrogens is 212 g/mol. The van der Waals surface area contributed by atoms with Crippen LogP contribution in [0.3, 0.4) is 0 Å². The van der Waals surface area contributed by atoms with Crippen LogP contribution in [-0.2, 0) is 4.79 Å². The summed E-state index contributed by atoms with van der Waals surface area (Å²) in [6.07, 6.45) is 3.64. The van der Waals surface area contributed by atoms with Gasteiger partial charge in [-0.2, -0.15) is 0 Å². The lowest BCUT2D eigenvalue weighted by molar-refractivity contribution is -0.125. The fraction of sp³-hybridized carbons (Fsp3) is 0.667. The van der Waals surface area contributed by atoms with E-state index >= 15 is 0 Å². The molecule has 2 rings (SSSR count). The predicted molar refractivity (Wildman–Crippen MR) is 68.5 cm³/mol. The lowest BCUT2D eigenvalue weighted by atomic mass is 9.56. The van der Waals surface area contributed by atoms with Crippen molar-refractivity contribution in [1.82, 2.24) is 0 Å². The van der Waals surface area contributed by atoms with Gasteiger partial charge in [-0.3, -0.25) is 4.79 Å². The molecule has 2 heteroatoms. The SMILES string of the molecule is C=C(C)[C@H]1C[C@H](O)[C@]2(C)CC(=O)C=C(C)[C@@H]2C1. The third-order valence-corrected chi connectivity index (χ3v) is 4.78. The monoisotopic (exact) mass is 234 g/mol. The molecular formula is C15H22O2. The molecule has 2 aliphatic carbocycles. The van der Waals surface area contributed by atoms with Crippen LogP contribution in [0.15, 0.2) is 23.8 Å². The number of aliphatic hydroxyl groups is 1. The maximum absolute atomic E-state index is 11.7. The largest absolute Gasteiger partial charge is 0.393 e. The van der Waals surface area contributed by atoms with Crippen molar-refractivity contribution in [1.29, 1.82) is 0 Å². The normalized spacial score (nSPS) is 41.8. The molecule has 0 radical (unpaired) electrons. The summed E-state index contributed by atoms with van der Waals surface area (Å²) in [6.45, 7) is 10.1. The van der Waals surface area contributed by atoms with Crippen molar-refractivity contribution in [3.05, 3.63) is 23.8 Å². The van der Waals surface area contributed by atoms with Gasteiger partial charge in [0.05, 0.1) is 6.10 Å². The topological polar surface area (TPSA) is 37.3 Å². The molecule has 1 N–H and O–H groups in total. The first-order valence-corrected chi connectivity index (χ1v) is 6.39. The molecule has 0 aliphatic heterocycles. The molecule has 0 aromatic heterocycles. The lowest BCUT2D eigenvalue weighted by Crippen LogP contribution is -2.49. The Morgan fingerprint density at radius 2 is 2.18 bits per heavy atom. The summed E-state index contributed by atoms with van der Waals surface area (Å²) in [7, 11) is 0. The maximum Gasteiger partial charge on any atom is 0.156 e. The molecule has 4 atom stereocenters. The van der Waals surface area contributed by atoms with Crippen LogP contribution < -0.4 is 0 Å². The van der Waals surface area contributed by atoms with Gasteiger partial charge in [-0.15, -0.1) is 0 Å². The summed E-state index contributed by atoms with van der Waals surface area (Å²) in [6, 6.07) is 0. The van der Waals surface area contributed by atoms with Gasteiger partial charge in [0.1, 0.15) is 0 Å². The summed E-state index contributed by atoms with van der Waals surface area (Å²) in [5.41, 5.74) is 2.02. The second kappa shape index (κ2) is 4.09. The summed E-state index contributed by atoms with van der Waals surface area (Å²) in [5.74, 6) is 0.874. The Morgan fingerprint density at radius 3 is 2.76 bits per heavy atom. The first-order valence-electron chi connectivity index (χ1n) is 6.39. The Morgan fingerprint density at radius 1 is 1.53 bits per heavy atom. The molecule has 1 fully saturated rings. The number of ketones is 1. The van der Waals surface area contributed by atoms with Crippen molar-refractivity contribution in [2.75, 3.05) is 0 Å². The van der Waals surface area contributed by atoms with Crippen LogP contribution in [0.5, 0.6) is 0 Å². The lowest BCUT2D eigenvalue weighted by Gasteiger charge is -2.50. The Labute approximate surface area is 103 Å². The van der Waals surface area contributed by atoms with Gasteiger partial charge in [-0.25, -0.2) is 0 Å². The number of rotatable bonds is 1. The first-order chi connectivity index (χ1) is 7.84. The van der Waals surface area contributed by atoms with E-state index in [0.717, 1.165) is 24.0 Å². The van der Waals surface area contributed by atoms with Crippen molar-refractivity contribution in [2.45, 2.75) is 46.1 Å². The van der Waals surface area contributed by atoms with E-state index in [4.69, 9.17) is 0 Å². The Balaban J connectivity index is 2.35. The molecule has 2 nitrogen and oxygen atoms in total. The van der Waals surface area contributed by atoms with E-state index in [1.165, 1.54) is 0 Å². The van der Waals surface area contributed by atoms with Crippen LogP contribution in [0, 0.1) is 17.3 Å². The average molecular weight is 234 g/mol. The second-order valence-electron chi connectivity index (χ2n) is 6.12. The number of hydrogen-bond donors (Lipinski definition) is 1. The number of carbonyl (C=O) groups excluding carboxylic acids is 1. The van der Waals surface area contributed by atoms with Gasteiger partial charge in [-0.05, 0) is 44.6 Å². The minimum absolute atomic E-state index is 0.161. The molecule has 0 aromatic carbocycles. The molecule has 94 valence electrons. The number of allylic oxidation sites excluding steroid dienone is 3. The second-order valence-corrected chi connectivity index (χ2v) is 6.12. The molecule has 0 saturated heterocycles. The zero-order valence-corrected chi connectivity index (χ0v) is 11.0. The number of aliphatic hydroxyl groups excluding tert-OH is 1. The van der Waals surface area contributed by atoms with E-state index in [9.17, 15) is 9.90 Å². The minimum atomic E-state index is -0.393. The van der Waals surface area contributed by atoms with E-state index in [1.807, 2.05) is 13.8 Å². The number of carbonyl (C=O) groups is 1. The Kier molecular flexibility index (Phi) is 3.03. The molecule has 0 amide bonds. The highest BCUT2D eigenvalue weighted by molar-refractivity contribution is 5.92. The molecule has 0 unspecified atom stereocenters. The highest BCUT2D eigenvalue weighted by Gasteiger charge is 2.49. The number of hydrogen-bond acceptors (Lipinski definition) is 2. The van der Waals surface area contributed by atoms with Crippen molar-refractivity contribution >= 4 is 5.78 Å². The fourth-order valence-electron chi connectivity index (χ4n) is 3.55. The quantitative estimate of drug-likeness (QED) is 0.708. The summed E-state index contributed by atoms with van der Waals surface area (Å²) in [5, 5.41) is 10.4. The van der Waals surface area contributed by atoms with Gasteiger partial charge in [0, 0.05) is 11.8 Å². The van der Waals surface area contributed by atoms with Crippen LogP contribution >= 0.6 is 0 Å². The van der Waals surface area contributed by atoms with E-state index in [2.05, 4.69) is 13.5 Å². The number of fused-ring (bicyclic) bond motifs is 1. The highest BCUT2D eigenvalue weighted by Crippen LogP contribution is 2.52. The third-order valence-electron chi connectivity index (χ3n) is 4.78. The predicted octanol–water partition coefficient (Wildman–Crippen LogP) is 2.88. The average Bonchev–Trinajstić information content (AvgIpc) is 2.19. The van der Waals surface area contributed by atoms with Gasteiger partial charge >= 0.3 is 0 Å². The van der Waals surface area contributed by atoms with E-state index in [0.29, 0.717) is 18.3 Å².